The van der Waals surface area contributed by atoms with Crippen molar-refractivity contribution in [3.8, 4) is 0 Å². The number of rotatable bonds is 4. The Balaban J connectivity index is 0.00000162. The molecule has 0 bridgehead atoms. The third-order valence-corrected chi connectivity index (χ3v) is 4.03. The molecule has 0 unspecified atom stereocenters. The molecule has 1 heterocycles. The molecule has 1 aromatic carbocycles. The summed E-state index contributed by atoms with van der Waals surface area (Å²) in [6.07, 6.45) is 0.973. The van der Waals surface area contributed by atoms with Gasteiger partial charge in [-0.1, -0.05) is 48.6 Å². The Bertz CT molecular complexity index is 522. The van der Waals surface area contributed by atoms with E-state index in [1.807, 2.05) is 37.3 Å². The smallest absolute Gasteiger partial charge is 0.237 e. The maximum Gasteiger partial charge on any atom is 0.237 e. The van der Waals surface area contributed by atoms with E-state index in [1.54, 1.807) is 11.3 Å². The summed E-state index contributed by atoms with van der Waals surface area (Å²) in [5.41, 5.74) is 1.95. The third-order valence-electron chi connectivity index (χ3n) is 2.79. The maximum absolute atomic E-state index is 12.1. The molecular weight excluding hydrogens is 266 g/mol. The van der Waals surface area contributed by atoms with Crippen LogP contribution < -0.4 is 17.0 Å². The Hall–Kier alpha value is -1.19. The van der Waals surface area contributed by atoms with Crippen molar-refractivity contribution < 1.29 is 21.8 Å². The van der Waals surface area contributed by atoms with Gasteiger partial charge in [0.2, 0.25) is 17.3 Å². The minimum absolute atomic E-state index is 0. The molecule has 2 aromatic rings. The first kappa shape index (κ1) is 14.9. The second kappa shape index (κ2) is 6.66. The number of nitrogens with zero attached hydrogens (tertiary/aromatic N) is 1. The lowest BCUT2D eigenvalue weighted by atomic mass is 10.1. The van der Waals surface area contributed by atoms with Gasteiger partial charge in [0.25, 0.3) is 0 Å². The Morgan fingerprint density at radius 3 is 2.56 bits per heavy atom. The molecule has 0 aliphatic heterocycles. The number of carbonyl (C=O) groups is 1. The van der Waals surface area contributed by atoms with Crippen LogP contribution in [0, 0.1) is 6.92 Å². The SMILES string of the molecule is CCc1scc(C)[n+]1CC(=O)c1ccccc1.[Cl-]. The Morgan fingerprint density at radius 1 is 1.28 bits per heavy atom. The Kier molecular flexibility index (Phi) is 5.51. The summed E-state index contributed by atoms with van der Waals surface area (Å²) in [6, 6.07) is 9.47. The highest BCUT2D eigenvalue weighted by atomic mass is 35.5. The summed E-state index contributed by atoms with van der Waals surface area (Å²) in [7, 11) is 0. The van der Waals surface area contributed by atoms with Crippen molar-refractivity contribution in [2.45, 2.75) is 26.8 Å². The monoisotopic (exact) mass is 281 g/mol. The highest BCUT2D eigenvalue weighted by Gasteiger charge is 2.19. The van der Waals surface area contributed by atoms with E-state index < -0.39 is 0 Å². The molecule has 4 heteroatoms. The number of carbonyl (C=O) groups excluding carboxylic acids is 1. The summed E-state index contributed by atoms with van der Waals surface area (Å²) in [4.78, 5) is 12.1. The lowest BCUT2D eigenvalue weighted by Crippen LogP contribution is -3.00. The van der Waals surface area contributed by atoms with Gasteiger partial charge < -0.3 is 12.4 Å². The van der Waals surface area contributed by atoms with E-state index in [1.165, 1.54) is 5.01 Å². The molecule has 96 valence electrons. The number of benzene rings is 1. The highest BCUT2D eigenvalue weighted by molar-refractivity contribution is 7.09. The largest absolute Gasteiger partial charge is 1.00 e. The second-order valence-corrected chi connectivity index (χ2v) is 4.94. The van der Waals surface area contributed by atoms with Crippen LogP contribution in [-0.4, -0.2) is 5.78 Å². The fraction of sp³-hybridized carbons (Fsp3) is 0.286. The molecule has 0 saturated heterocycles. The van der Waals surface area contributed by atoms with Gasteiger partial charge in [0.1, 0.15) is 0 Å². The Morgan fingerprint density at radius 2 is 1.94 bits per heavy atom. The molecule has 0 spiro atoms. The lowest BCUT2D eigenvalue weighted by Gasteiger charge is -1.99. The fourth-order valence-electron chi connectivity index (χ4n) is 1.82. The van der Waals surface area contributed by atoms with Crippen molar-refractivity contribution >= 4 is 17.1 Å². The van der Waals surface area contributed by atoms with Gasteiger partial charge in [-0.3, -0.25) is 4.79 Å². The van der Waals surface area contributed by atoms with E-state index in [0.717, 1.165) is 17.7 Å². The van der Waals surface area contributed by atoms with Crippen molar-refractivity contribution in [2.24, 2.45) is 0 Å². The second-order valence-electron chi connectivity index (χ2n) is 4.00. The number of Topliss-reactive ketones (excluding diaryl/α,β-unsaturated/α-hetero) is 1. The topological polar surface area (TPSA) is 20.9 Å². The van der Waals surface area contributed by atoms with Gasteiger partial charge in [0.05, 0.1) is 5.38 Å². The van der Waals surface area contributed by atoms with Gasteiger partial charge in [0, 0.05) is 18.9 Å². The van der Waals surface area contributed by atoms with Crippen molar-refractivity contribution in [3.05, 3.63) is 52.0 Å². The van der Waals surface area contributed by atoms with E-state index in [2.05, 4.69) is 16.9 Å². The minimum Gasteiger partial charge on any atom is -1.00 e. The van der Waals surface area contributed by atoms with Gasteiger partial charge in [-0.2, -0.15) is 4.57 Å². The van der Waals surface area contributed by atoms with Crippen molar-refractivity contribution in [1.82, 2.24) is 0 Å². The van der Waals surface area contributed by atoms with E-state index in [0.29, 0.717) is 6.54 Å². The average Bonchev–Trinajstić information content (AvgIpc) is 2.71. The van der Waals surface area contributed by atoms with Gasteiger partial charge in [-0.05, 0) is 0 Å². The fourth-order valence-corrected chi connectivity index (χ4v) is 2.76. The van der Waals surface area contributed by atoms with E-state index in [9.17, 15) is 4.79 Å². The van der Waals surface area contributed by atoms with Crippen molar-refractivity contribution in [3.63, 3.8) is 0 Å². The zero-order valence-corrected chi connectivity index (χ0v) is 12.1. The molecule has 0 radical (unpaired) electrons. The molecule has 2 nitrogen and oxygen atoms in total. The molecule has 0 fully saturated rings. The third kappa shape index (κ3) is 3.18. The first-order valence-corrected chi connectivity index (χ1v) is 6.65. The van der Waals surface area contributed by atoms with Crippen LogP contribution >= 0.6 is 11.3 Å². The molecule has 18 heavy (non-hydrogen) atoms. The minimum atomic E-state index is 0. The van der Waals surface area contributed by atoms with Crippen LogP contribution in [0.25, 0.3) is 0 Å². The number of ketones is 1. The van der Waals surface area contributed by atoms with E-state index in [4.69, 9.17) is 0 Å². The van der Waals surface area contributed by atoms with Gasteiger partial charge in [0.15, 0.2) is 5.69 Å². The standard InChI is InChI=1S/C14H16NOS.ClH/c1-3-14-15(11(2)10-17-14)9-13(16)12-7-5-4-6-8-12;/h4-8,10H,3,9H2,1-2H3;1H/q+1;/p-1. The van der Waals surface area contributed by atoms with E-state index >= 15 is 0 Å². The molecule has 0 atom stereocenters. The molecule has 0 amide bonds. The summed E-state index contributed by atoms with van der Waals surface area (Å²) in [6.45, 7) is 4.62. The maximum atomic E-state index is 12.1. The van der Waals surface area contributed by atoms with Gasteiger partial charge in [-0.25, -0.2) is 0 Å². The predicted molar refractivity (Wildman–Crippen MR) is 69.4 cm³/mol. The van der Waals surface area contributed by atoms with Crippen LogP contribution in [-0.2, 0) is 13.0 Å². The van der Waals surface area contributed by atoms with Gasteiger partial charge in [-0.15, -0.1) is 0 Å². The molecule has 1 aromatic heterocycles. The summed E-state index contributed by atoms with van der Waals surface area (Å²) in [5.74, 6) is 0.173. The number of hydrogen-bond acceptors (Lipinski definition) is 2. The van der Waals surface area contributed by atoms with Crippen molar-refractivity contribution in [1.29, 1.82) is 0 Å². The first-order valence-electron chi connectivity index (χ1n) is 5.77. The highest BCUT2D eigenvalue weighted by Crippen LogP contribution is 2.08. The van der Waals surface area contributed by atoms with Crippen LogP contribution in [0.1, 0.15) is 28.0 Å². The Labute approximate surface area is 118 Å². The number of aromatic nitrogens is 1. The normalized spacial score (nSPS) is 9.89. The molecule has 2 rings (SSSR count). The van der Waals surface area contributed by atoms with Crippen LogP contribution in [0.3, 0.4) is 0 Å². The zero-order chi connectivity index (χ0) is 12.3. The molecule has 0 aliphatic carbocycles. The quantitative estimate of drug-likeness (QED) is 0.561. The van der Waals surface area contributed by atoms with E-state index in [-0.39, 0.29) is 18.2 Å². The zero-order valence-electron chi connectivity index (χ0n) is 10.5. The number of hydrogen-bond donors (Lipinski definition) is 0. The summed E-state index contributed by atoms with van der Waals surface area (Å²) < 4.78 is 2.11. The molecule has 0 N–H and O–H groups in total. The predicted octanol–water partition coefficient (Wildman–Crippen LogP) is -0.207. The number of thiazole rings is 1. The van der Waals surface area contributed by atoms with Crippen LogP contribution in [0.4, 0.5) is 0 Å². The van der Waals surface area contributed by atoms with Crippen LogP contribution in [0.2, 0.25) is 0 Å². The molecular formula is C14H16ClNOS. The van der Waals surface area contributed by atoms with Crippen LogP contribution in [0.5, 0.6) is 0 Å². The van der Waals surface area contributed by atoms with Gasteiger partial charge >= 0.3 is 0 Å². The molecule has 0 saturated carbocycles. The number of halogens is 1. The first-order chi connectivity index (χ1) is 8.22. The lowest BCUT2D eigenvalue weighted by molar-refractivity contribution is -0.691. The number of aryl methyl sites for hydroxylation is 2. The molecule has 0 aliphatic rings. The van der Waals surface area contributed by atoms with Crippen molar-refractivity contribution in [2.75, 3.05) is 0 Å². The average molecular weight is 282 g/mol. The summed E-state index contributed by atoms with van der Waals surface area (Å²) in [5, 5.41) is 3.36. The summed E-state index contributed by atoms with van der Waals surface area (Å²) >= 11 is 1.72. The van der Waals surface area contributed by atoms with Crippen LogP contribution in [0.15, 0.2) is 35.7 Å².